The van der Waals surface area contributed by atoms with Crippen LogP contribution < -0.4 is 24.4 Å². The summed E-state index contributed by atoms with van der Waals surface area (Å²) in [7, 11) is 3.00. The van der Waals surface area contributed by atoms with Crippen molar-refractivity contribution in [1.29, 1.82) is 0 Å². The van der Waals surface area contributed by atoms with Crippen molar-refractivity contribution < 1.29 is 28.6 Å². The fraction of sp³-hybridized carbons (Fsp3) is 0.115. The molecule has 3 aromatic carbocycles. The molecule has 3 aromatic rings. The zero-order chi connectivity index (χ0) is 24.9. The number of anilines is 1. The molecule has 1 aliphatic rings. The SMILES string of the molecule is COc1ccc(N2C(=O)NC(=O)C(=Cc3ccc(OCc4ccc(Cl)cc4)c(OC)c3)C2=O)cc1. The highest BCUT2D eigenvalue weighted by Crippen LogP contribution is 2.31. The fourth-order valence-corrected chi connectivity index (χ4v) is 3.55. The maximum absolute atomic E-state index is 13.1. The minimum absolute atomic E-state index is 0.197. The predicted molar refractivity (Wildman–Crippen MR) is 131 cm³/mol. The van der Waals surface area contributed by atoms with Crippen molar-refractivity contribution in [3.05, 3.63) is 88.5 Å². The first kappa shape index (κ1) is 23.8. The van der Waals surface area contributed by atoms with Crippen molar-refractivity contribution >= 4 is 41.2 Å². The number of barbiturate groups is 1. The molecule has 1 heterocycles. The number of nitrogens with zero attached hydrogens (tertiary/aromatic N) is 1. The Morgan fingerprint density at radius 1 is 0.886 bits per heavy atom. The number of methoxy groups -OCH3 is 2. The molecule has 0 aromatic heterocycles. The lowest BCUT2D eigenvalue weighted by molar-refractivity contribution is -0.122. The summed E-state index contributed by atoms with van der Waals surface area (Å²) in [5.41, 5.74) is 1.55. The van der Waals surface area contributed by atoms with Crippen LogP contribution in [0.5, 0.6) is 17.2 Å². The second-order valence-electron chi connectivity index (χ2n) is 7.48. The van der Waals surface area contributed by atoms with Crippen molar-refractivity contribution in [3.8, 4) is 17.2 Å². The van der Waals surface area contributed by atoms with E-state index in [1.807, 2.05) is 12.1 Å². The molecule has 0 atom stereocenters. The van der Waals surface area contributed by atoms with Crippen LogP contribution in [0.1, 0.15) is 11.1 Å². The molecule has 1 fully saturated rings. The summed E-state index contributed by atoms with van der Waals surface area (Å²) in [4.78, 5) is 38.8. The number of benzene rings is 3. The molecule has 0 aliphatic carbocycles. The van der Waals surface area contributed by atoms with E-state index >= 15 is 0 Å². The number of rotatable bonds is 7. The van der Waals surface area contributed by atoms with Gasteiger partial charge in [0.2, 0.25) is 0 Å². The molecule has 35 heavy (non-hydrogen) atoms. The molecule has 0 unspecified atom stereocenters. The summed E-state index contributed by atoms with van der Waals surface area (Å²) in [6.07, 6.45) is 1.39. The Kier molecular flexibility index (Phi) is 7.03. The molecule has 178 valence electrons. The van der Waals surface area contributed by atoms with Gasteiger partial charge in [-0.15, -0.1) is 0 Å². The van der Waals surface area contributed by atoms with E-state index in [4.69, 9.17) is 25.8 Å². The van der Waals surface area contributed by atoms with Gasteiger partial charge in [0.05, 0.1) is 19.9 Å². The van der Waals surface area contributed by atoms with Crippen LogP contribution in [0.3, 0.4) is 0 Å². The molecule has 0 radical (unpaired) electrons. The van der Waals surface area contributed by atoms with Gasteiger partial charge in [-0.1, -0.05) is 29.8 Å². The highest BCUT2D eigenvalue weighted by atomic mass is 35.5. The Morgan fingerprint density at radius 3 is 2.26 bits per heavy atom. The van der Waals surface area contributed by atoms with E-state index in [0.29, 0.717) is 40.1 Å². The molecule has 1 saturated heterocycles. The molecule has 0 spiro atoms. The standard InChI is InChI=1S/C26H21ClN2O6/c1-33-20-10-8-19(9-11-20)29-25(31)21(24(30)28-26(29)32)13-17-5-12-22(23(14-17)34-2)35-15-16-3-6-18(27)7-4-16/h3-14H,15H2,1-2H3,(H,28,30,32). The van der Waals surface area contributed by atoms with E-state index < -0.39 is 17.8 Å². The summed E-state index contributed by atoms with van der Waals surface area (Å²) in [5.74, 6) is -0.0622. The van der Waals surface area contributed by atoms with Crippen LogP contribution in [0.4, 0.5) is 10.5 Å². The number of hydrogen-bond donors (Lipinski definition) is 1. The Balaban J connectivity index is 1.57. The van der Waals surface area contributed by atoms with Gasteiger partial charge in [0.1, 0.15) is 17.9 Å². The van der Waals surface area contributed by atoms with Crippen molar-refractivity contribution in [2.75, 3.05) is 19.1 Å². The Labute approximate surface area is 206 Å². The van der Waals surface area contributed by atoms with Crippen LogP contribution in [0, 0.1) is 0 Å². The molecule has 0 bridgehead atoms. The molecular formula is C26H21ClN2O6. The Hall–Kier alpha value is -4.30. The molecule has 0 saturated carbocycles. The first-order valence-corrected chi connectivity index (χ1v) is 10.9. The van der Waals surface area contributed by atoms with E-state index in [1.165, 1.54) is 20.3 Å². The van der Waals surface area contributed by atoms with E-state index in [-0.39, 0.29) is 5.57 Å². The molecule has 9 heteroatoms. The van der Waals surface area contributed by atoms with Crippen LogP contribution in [0.25, 0.3) is 6.08 Å². The van der Waals surface area contributed by atoms with E-state index in [2.05, 4.69) is 5.32 Å². The van der Waals surface area contributed by atoms with Gasteiger partial charge in [-0.3, -0.25) is 14.9 Å². The summed E-state index contributed by atoms with van der Waals surface area (Å²) in [6.45, 7) is 0.299. The topological polar surface area (TPSA) is 94.2 Å². The zero-order valence-corrected chi connectivity index (χ0v) is 19.7. The van der Waals surface area contributed by atoms with Gasteiger partial charge < -0.3 is 14.2 Å². The van der Waals surface area contributed by atoms with Crippen LogP contribution >= 0.6 is 11.6 Å². The van der Waals surface area contributed by atoms with Gasteiger partial charge in [0, 0.05) is 5.02 Å². The number of nitrogens with one attached hydrogen (secondary N) is 1. The lowest BCUT2D eigenvalue weighted by Gasteiger charge is -2.26. The first-order chi connectivity index (χ1) is 16.9. The number of hydrogen-bond acceptors (Lipinski definition) is 6. The third kappa shape index (κ3) is 5.28. The van der Waals surface area contributed by atoms with Crippen molar-refractivity contribution in [3.63, 3.8) is 0 Å². The third-order valence-corrected chi connectivity index (χ3v) is 5.49. The summed E-state index contributed by atoms with van der Waals surface area (Å²) in [6, 6.07) is 17.8. The highest BCUT2D eigenvalue weighted by Gasteiger charge is 2.36. The van der Waals surface area contributed by atoms with Crippen molar-refractivity contribution in [2.24, 2.45) is 0 Å². The van der Waals surface area contributed by atoms with Gasteiger partial charge in [-0.2, -0.15) is 0 Å². The van der Waals surface area contributed by atoms with Crippen LogP contribution in [-0.2, 0) is 16.2 Å². The van der Waals surface area contributed by atoms with Crippen LogP contribution in [0.15, 0.2) is 72.3 Å². The van der Waals surface area contributed by atoms with Gasteiger partial charge in [0.25, 0.3) is 11.8 Å². The summed E-state index contributed by atoms with van der Waals surface area (Å²) < 4.78 is 16.4. The fourth-order valence-electron chi connectivity index (χ4n) is 3.42. The number of carbonyl (C=O) groups excluding carboxylic acids is 3. The Bertz CT molecular complexity index is 1300. The number of imide groups is 2. The van der Waals surface area contributed by atoms with Crippen LogP contribution in [0.2, 0.25) is 5.02 Å². The minimum Gasteiger partial charge on any atom is -0.497 e. The normalized spacial score (nSPS) is 14.7. The lowest BCUT2D eigenvalue weighted by Crippen LogP contribution is -2.54. The highest BCUT2D eigenvalue weighted by molar-refractivity contribution is 6.39. The monoisotopic (exact) mass is 492 g/mol. The average Bonchev–Trinajstić information content (AvgIpc) is 2.86. The number of ether oxygens (including phenoxy) is 3. The number of carbonyl (C=O) groups is 3. The molecule has 1 N–H and O–H groups in total. The van der Waals surface area contributed by atoms with Crippen LogP contribution in [-0.4, -0.2) is 32.1 Å². The average molecular weight is 493 g/mol. The maximum Gasteiger partial charge on any atom is 0.335 e. The molecule has 4 amide bonds. The molecule has 4 rings (SSSR count). The first-order valence-electron chi connectivity index (χ1n) is 10.5. The number of amides is 4. The summed E-state index contributed by atoms with van der Waals surface area (Å²) >= 11 is 5.91. The van der Waals surface area contributed by atoms with E-state index in [0.717, 1.165) is 10.5 Å². The molecule has 8 nitrogen and oxygen atoms in total. The van der Waals surface area contributed by atoms with Gasteiger partial charge in [0.15, 0.2) is 11.5 Å². The van der Waals surface area contributed by atoms with Gasteiger partial charge in [-0.05, 0) is 65.7 Å². The number of urea groups is 1. The lowest BCUT2D eigenvalue weighted by atomic mass is 10.1. The second-order valence-corrected chi connectivity index (χ2v) is 7.92. The smallest absolute Gasteiger partial charge is 0.335 e. The minimum atomic E-state index is -0.828. The third-order valence-electron chi connectivity index (χ3n) is 5.24. The van der Waals surface area contributed by atoms with Gasteiger partial charge >= 0.3 is 6.03 Å². The van der Waals surface area contributed by atoms with Crippen molar-refractivity contribution in [1.82, 2.24) is 5.32 Å². The van der Waals surface area contributed by atoms with Crippen molar-refractivity contribution in [2.45, 2.75) is 6.61 Å². The van der Waals surface area contributed by atoms with E-state index in [1.54, 1.807) is 54.6 Å². The quantitative estimate of drug-likeness (QED) is 0.382. The second kappa shape index (κ2) is 10.3. The van der Waals surface area contributed by atoms with E-state index in [9.17, 15) is 14.4 Å². The van der Waals surface area contributed by atoms with Gasteiger partial charge in [-0.25, -0.2) is 9.69 Å². The maximum atomic E-state index is 13.1. The predicted octanol–water partition coefficient (Wildman–Crippen LogP) is 4.60. The summed E-state index contributed by atoms with van der Waals surface area (Å²) in [5, 5.41) is 2.84. The number of halogens is 1. The zero-order valence-electron chi connectivity index (χ0n) is 18.9. The molecule has 1 aliphatic heterocycles. The largest absolute Gasteiger partial charge is 0.497 e. The molecular weight excluding hydrogens is 472 g/mol. The Morgan fingerprint density at radius 2 is 1.60 bits per heavy atom.